The maximum absolute atomic E-state index is 5.59. The summed E-state index contributed by atoms with van der Waals surface area (Å²) in [6.45, 7) is 2.00. The van der Waals surface area contributed by atoms with Crippen molar-refractivity contribution in [2.45, 2.75) is 13.3 Å². The van der Waals surface area contributed by atoms with E-state index < -0.39 is 0 Å². The van der Waals surface area contributed by atoms with Crippen LogP contribution in [0, 0.1) is 0 Å². The number of aromatic nitrogens is 4. The zero-order chi connectivity index (χ0) is 7.84. The number of rotatable bonds is 1. The molecule has 5 nitrogen and oxygen atoms in total. The Kier molecular flexibility index (Phi) is 1.12. The summed E-state index contributed by atoms with van der Waals surface area (Å²) >= 11 is 0. The molecule has 0 spiro atoms. The molecule has 0 saturated heterocycles. The zero-order valence-corrected chi connectivity index (χ0v) is 6.20. The van der Waals surface area contributed by atoms with Gasteiger partial charge in [-0.15, -0.1) is 5.10 Å². The van der Waals surface area contributed by atoms with E-state index in [1.54, 1.807) is 10.8 Å². The third-order valence-corrected chi connectivity index (χ3v) is 1.57. The molecule has 2 heterocycles. The van der Waals surface area contributed by atoms with E-state index in [9.17, 15) is 0 Å². The summed E-state index contributed by atoms with van der Waals surface area (Å²) in [7, 11) is 0. The van der Waals surface area contributed by atoms with Crippen molar-refractivity contribution in [2.24, 2.45) is 0 Å². The van der Waals surface area contributed by atoms with Crippen LogP contribution >= 0.6 is 0 Å². The first-order valence-electron chi connectivity index (χ1n) is 3.49. The molecule has 0 radical (unpaired) electrons. The highest BCUT2D eigenvalue weighted by atomic mass is 15.5. The number of anilines is 1. The first-order chi connectivity index (χ1) is 5.31. The molecule has 0 aliphatic carbocycles. The van der Waals surface area contributed by atoms with Crippen molar-refractivity contribution >= 4 is 11.3 Å². The molecule has 0 aromatic carbocycles. The Hall–Kier alpha value is -1.52. The summed E-state index contributed by atoms with van der Waals surface area (Å²) in [5.74, 6) is 0.809. The average Bonchev–Trinajstić information content (AvgIpc) is 2.53. The van der Waals surface area contributed by atoms with Gasteiger partial charge in [0.1, 0.15) is 0 Å². The quantitative estimate of drug-likeness (QED) is 0.611. The van der Waals surface area contributed by atoms with E-state index in [1.165, 1.54) is 0 Å². The van der Waals surface area contributed by atoms with Crippen molar-refractivity contribution in [2.75, 3.05) is 5.73 Å². The number of hydrogen-bond donors (Lipinski definition) is 2. The van der Waals surface area contributed by atoms with Crippen LogP contribution in [0.3, 0.4) is 0 Å². The number of aryl methyl sites for hydroxylation is 1. The van der Waals surface area contributed by atoms with Crippen molar-refractivity contribution in [3.8, 4) is 0 Å². The first kappa shape index (κ1) is 6.21. The number of hydrogen-bond acceptors (Lipinski definition) is 3. The van der Waals surface area contributed by atoms with Gasteiger partial charge in [-0.2, -0.15) is 4.63 Å². The van der Waals surface area contributed by atoms with E-state index in [4.69, 9.17) is 5.73 Å². The Balaban J connectivity index is 2.70. The normalized spacial score (nSPS) is 11.0. The predicted molar refractivity (Wildman–Crippen MR) is 41.1 cm³/mol. The second-order valence-electron chi connectivity index (χ2n) is 2.35. The third-order valence-electron chi connectivity index (χ3n) is 1.57. The first-order valence-corrected chi connectivity index (χ1v) is 3.49. The lowest BCUT2D eigenvalue weighted by atomic mass is 10.5. The van der Waals surface area contributed by atoms with Crippen molar-refractivity contribution in [3.63, 3.8) is 0 Å². The van der Waals surface area contributed by atoms with Gasteiger partial charge in [0.15, 0.2) is 11.5 Å². The van der Waals surface area contributed by atoms with Crippen LogP contribution in [-0.4, -0.2) is 19.8 Å². The van der Waals surface area contributed by atoms with Gasteiger partial charge >= 0.3 is 0 Å². The molecule has 11 heavy (non-hydrogen) atoms. The summed E-state index contributed by atoms with van der Waals surface area (Å²) in [6, 6.07) is 0. The highest BCUT2D eigenvalue weighted by molar-refractivity contribution is 5.62. The number of H-pyrrole nitrogens is 1. The molecule has 0 atom stereocenters. The molecule has 58 valence electrons. The topological polar surface area (TPSA) is 72.0 Å². The number of fused-ring (bicyclic) bond motifs is 1. The summed E-state index contributed by atoms with van der Waals surface area (Å²) in [5, 5.41) is 6.98. The highest BCUT2D eigenvalue weighted by Crippen LogP contribution is 2.08. The minimum absolute atomic E-state index is 0.636. The molecule has 2 aromatic rings. The monoisotopic (exact) mass is 151 g/mol. The lowest BCUT2D eigenvalue weighted by molar-refractivity contribution is 0.789. The Labute approximate surface area is 63.2 Å². The number of nitrogens with zero attached hydrogens (tertiary/aromatic N) is 3. The van der Waals surface area contributed by atoms with Gasteiger partial charge < -0.3 is 5.73 Å². The van der Waals surface area contributed by atoms with Crippen LogP contribution in [0.1, 0.15) is 12.7 Å². The predicted octanol–water partition coefficient (Wildman–Crippen LogP) is 0.202. The van der Waals surface area contributed by atoms with E-state index in [2.05, 4.69) is 15.2 Å². The lowest BCUT2D eigenvalue weighted by Crippen LogP contribution is -1.87. The number of aromatic amines is 1. The second-order valence-corrected chi connectivity index (χ2v) is 2.35. The molecular formula is C6H9N5. The minimum Gasteiger partial charge on any atom is -0.394 e. The molecule has 0 aliphatic heterocycles. The fraction of sp³-hybridized carbons (Fsp3) is 0.333. The van der Waals surface area contributed by atoms with Gasteiger partial charge in [0.25, 0.3) is 0 Å². The molecule has 0 saturated carbocycles. The Morgan fingerprint density at radius 3 is 3.18 bits per heavy atom. The SMILES string of the molecule is CCc1nc2c(N)c[nH]n2n1. The van der Waals surface area contributed by atoms with Crippen molar-refractivity contribution in [1.82, 2.24) is 19.8 Å². The largest absolute Gasteiger partial charge is 0.394 e. The lowest BCUT2D eigenvalue weighted by Gasteiger charge is -1.79. The summed E-state index contributed by atoms with van der Waals surface area (Å²) in [6.07, 6.45) is 2.50. The van der Waals surface area contributed by atoms with Gasteiger partial charge in [0.2, 0.25) is 0 Å². The van der Waals surface area contributed by atoms with Crippen LogP contribution in [0.25, 0.3) is 5.65 Å². The van der Waals surface area contributed by atoms with Gasteiger partial charge in [-0.3, -0.25) is 5.10 Å². The summed E-state index contributed by atoms with van der Waals surface area (Å²) < 4.78 is 1.58. The van der Waals surface area contributed by atoms with Gasteiger partial charge in [-0.05, 0) is 0 Å². The Morgan fingerprint density at radius 2 is 2.55 bits per heavy atom. The molecule has 5 heteroatoms. The minimum atomic E-state index is 0.636. The van der Waals surface area contributed by atoms with E-state index in [0.717, 1.165) is 12.2 Å². The third kappa shape index (κ3) is 0.772. The van der Waals surface area contributed by atoms with E-state index in [0.29, 0.717) is 11.3 Å². The summed E-state index contributed by atoms with van der Waals surface area (Å²) in [5.41, 5.74) is 6.94. The second kappa shape index (κ2) is 1.98. The van der Waals surface area contributed by atoms with Gasteiger partial charge in [0, 0.05) is 12.6 Å². The number of nitrogen functional groups attached to an aromatic ring is 1. The number of nitrogens with one attached hydrogen (secondary N) is 1. The molecule has 0 unspecified atom stereocenters. The smallest absolute Gasteiger partial charge is 0.198 e. The fourth-order valence-electron chi connectivity index (χ4n) is 0.977. The molecule has 2 aromatic heterocycles. The standard InChI is InChI=1S/C6H9N5/c1-2-5-9-6-4(7)3-8-11(6)10-5/h3,8H,2,7H2,1H3. The summed E-state index contributed by atoms with van der Waals surface area (Å²) in [4.78, 5) is 4.19. The van der Waals surface area contributed by atoms with Crippen molar-refractivity contribution in [3.05, 3.63) is 12.0 Å². The molecule has 0 bridgehead atoms. The van der Waals surface area contributed by atoms with E-state index in [-0.39, 0.29) is 0 Å². The van der Waals surface area contributed by atoms with Gasteiger partial charge in [-0.1, -0.05) is 6.92 Å². The van der Waals surface area contributed by atoms with Crippen LogP contribution in [0.5, 0.6) is 0 Å². The van der Waals surface area contributed by atoms with E-state index >= 15 is 0 Å². The molecule has 2 rings (SSSR count). The van der Waals surface area contributed by atoms with Crippen molar-refractivity contribution < 1.29 is 0 Å². The maximum atomic E-state index is 5.59. The van der Waals surface area contributed by atoms with Crippen LogP contribution in [0.2, 0.25) is 0 Å². The molecule has 0 aliphatic rings. The molecule has 0 fully saturated rings. The maximum Gasteiger partial charge on any atom is 0.198 e. The highest BCUT2D eigenvalue weighted by Gasteiger charge is 2.04. The van der Waals surface area contributed by atoms with Gasteiger partial charge in [0.05, 0.1) is 5.69 Å². The van der Waals surface area contributed by atoms with Crippen molar-refractivity contribution in [1.29, 1.82) is 0 Å². The zero-order valence-electron chi connectivity index (χ0n) is 6.20. The fourth-order valence-corrected chi connectivity index (χ4v) is 0.977. The average molecular weight is 151 g/mol. The molecule has 3 N–H and O–H groups in total. The molecular weight excluding hydrogens is 142 g/mol. The van der Waals surface area contributed by atoms with Gasteiger partial charge in [-0.25, -0.2) is 4.98 Å². The molecule has 0 amide bonds. The Bertz CT molecular complexity index is 371. The van der Waals surface area contributed by atoms with E-state index in [1.807, 2.05) is 6.92 Å². The van der Waals surface area contributed by atoms with Crippen LogP contribution in [0.4, 0.5) is 5.69 Å². The number of nitrogens with two attached hydrogens (primary N) is 1. The van der Waals surface area contributed by atoms with Crippen LogP contribution < -0.4 is 5.73 Å². The van der Waals surface area contributed by atoms with Crippen LogP contribution in [-0.2, 0) is 6.42 Å². The van der Waals surface area contributed by atoms with Crippen LogP contribution in [0.15, 0.2) is 6.20 Å². The Morgan fingerprint density at radius 1 is 1.73 bits per heavy atom.